The van der Waals surface area contributed by atoms with Gasteiger partial charge in [-0.3, -0.25) is 10.1 Å². The van der Waals surface area contributed by atoms with Gasteiger partial charge in [0.25, 0.3) is 5.69 Å². The number of fused-ring (bicyclic) bond motifs is 3. The Morgan fingerprint density at radius 1 is 1.03 bits per heavy atom. The summed E-state index contributed by atoms with van der Waals surface area (Å²) in [5, 5.41) is 19.2. The molecule has 2 aliphatic rings. The average molecular weight is 440 g/mol. The standard InChI is InChI=1S/C22H15Cl2N3O3/c23-15-6-4-13(5-7-15)19-12-20-18-11-16(24)8-9-21(18)30-22(26(20)25-19)14-2-1-3-17(10-14)27(28)29/h1-11,20,22H,12H2/t20-,22+/m1/s1. The fourth-order valence-electron chi connectivity index (χ4n) is 3.89. The quantitative estimate of drug-likeness (QED) is 0.362. The van der Waals surface area contributed by atoms with Crippen LogP contribution < -0.4 is 4.74 Å². The van der Waals surface area contributed by atoms with E-state index >= 15 is 0 Å². The van der Waals surface area contributed by atoms with Gasteiger partial charge in [-0.05, 0) is 35.9 Å². The molecule has 0 fully saturated rings. The van der Waals surface area contributed by atoms with E-state index in [-0.39, 0.29) is 11.7 Å². The number of hydrazone groups is 1. The second-order valence-corrected chi connectivity index (χ2v) is 8.03. The molecule has 0 aromatic heterocycles. The lowest BCUT2D eigenvalue weighted by Gasteiger charge is -2.38. The van der Waals surface area contributed by atoms with E-state index < -0.39 is 11.2 Å². The first-order chi connectivity index (χ1) is 14.5. The molecule has 8 heteroatoms. The van der Waals surface area contributed by atoms with Crippen LogP contribution in [0.15, 0.2) is 71.8 Å². The van der Waals surface area contributed by atoms with E-state index in [1.807, 2.05) is 47.5 Å². The van der Waals surface area contributed by atoms with Crippen LogP contribution in [0.5, 0.6) is 5.75 Å². The van der Waals surface area contributed by atoms with Crippen molar-refractivity contribution >= 4 is 34.6 Å². The summed E-state index contributed by atoms with van der Waals surface area (Å²) in [6, 6.07) is 19.4. The molecule has 0 radical (unpaired) electrons. The van der Waals surface area contributed by atoms with Crippen LogP contribution in [0.2, 0.25) is 10.0 Å². The molecule has 0 N–H and O–H groups in total. The van der Waals surface area contributed by atoms with E-state index in [1.54, 1.807) is 12.1 Å². The van der Waals surface area contributed by atoms with Gasteiger partial charge in [-0.2, -0.15) is 5.10 Å². The monoisotopic (exact) mass is 439 g/mol. The summed E-state index contributed by atoms with van der Waals surface area (Å²) in [6.07, 6.45) is 0.0670. The molecular weight excluding hydrogens is 425 g/mol. The molecule has 2 atom stereocenters. The highest BCUT2D eigenvalue weighted by Crippen LogP contribution is 2.48. The fraction of sp³-hybridized carbons (Fsp3) is 0.136. The molecular formula is C22H15Cl2N3O3. The number of ether oxygens (including phenoxy) is 1. The van der Waals surface area contributed by atoms with Gasteiger partial charge in [0, 0.05) is 39.7 Å². The summed E-state index contributed by atoms with van der Waals surface area (Å²) in [7, 11) is 0. The number of benzene rings is 3. The Balaban J connectivity index is 1.60. The molecule has 6 nitrogen and oxygen atoms in total. The minimum absolute atomic E-state index is 0.00987. The van der Waals surface area contributed by atoms with Crippen LogP contribution in [-0.4, -0.2) is 15.6 Å². The predicted molar refractivity (Wildman–Crippen MR) is 115 cm³/mol. The summed E-state index contributed by atoms with van der Waals surface area (Å²) in [5.41, 5.74) is 3.47. The zero-order valence-corrected chi connectivity index (χ0v) is 17.0. The highest BCUT2D eigenvalue weighted by atomic mass is 35.5. The van der Waals surface area contributed by atoms with E-state index in [4.69, 9.17) is 33.0 Å². The largest absolute Gasteiger partial charge is 0.464 e. The lowest BCUT2D eigenvalue weighted by molar-refractivity contribution is -0.385. The molecule has 30 heavy (non-hydrogen) atoms. The van der Waals surface area contributed by atoms with E-state index in [2.05, 4.69) is 0 Å². The Morgan fingerprint density at radius 2 is 1.80 bits per heavy atom. The first-order valence-electron chi connectivity index (χ1n) is 9.32. The van der Waals surface area contributed by atoms with Crippen LogP contribution in [0.4, 0.5) is 5.69 Å². The van der Waals surface area contributed by atoms with Gasteiger partial charge in [0.1, 0.15) is 5.75 Å². The molecule has 0 aliphatic carbocycles. The smallest absolute Gasteiger partial charge is 0.269 e. The van der Waals surface area contributed by atoms with Crippen molar-refractivity contribution in [2.75, 3.05) is 0 Å². The normalized spacial score (nSPS) is 19.5. The number of rotatable bonds is 3. The van der Waals surface area contributed by atoms with Crippen molar-refractivity contribution in [3.05, 3.63) is 104 Å². The van der Waals surface area contributed by atoms with Crippen molar-refractivity contribution in [2.45, 2.75) is 18.7 Å². The number of nitrogens with zero attached hydrogens (tertiary/aromatic N) is 3. The lowest BCUT2D eigenvalue weighted by atomic mass is 9.96. The topological polar surface area (TPSA) is 68.0 Å². The van der Waals surface area contributed by atoms with Gasteiger partial charge < -0.3 is 4.74 Å². The summed E-state index contributed by atoms with van der Waals surface area (Å²) < 4.78 is 6.24. The highest BCUT2D eigenvalue weighted by Gasteiger charge is 2.41. The van der Waals surface area contributed by atoms with Crippen LogP contribution in [0.25, 0.3) is 0 Å². The molecule has 0 spiro atoms. The summed E-state index contributed by atoms with van der Waals surface area (Å²) in [4.78, 5) is 10.8. The maximum absolute atomic E-state index is 11.3. The molecule has 0 saturated heterocycles. The second-order valence-electron chi connectivity index (χ2n) is 7.16. The molecule has 2 heterocycles. The van der Waals surface area contributed by atoms with Crippen LogP contribution >= 0.6 is 23.2 Å². The fourth-order valence-corrected chi connectivity index (χ4v) is 4.19. The van der Waals surface area contributed by atoms with Gasteiger partial charge in [0.15, 0.2) is 0 Å². The zero-order chi connectivity index (χ0) is 20.8. The molecule has 0 saturated carbocycles. The van der Waals surface area contributed by atoms with Crippen LogP contribution in [0.1, 0.15) is 35.4 Å². The van der Waals surface area contributed by atoms with Gasteiger partial charge in [-0.1, -0.05) is 47.5 Å². The molecule has 3 aromatic carbocycles. The third kappa shape index (κ3) is 3.28. The van der Waals surface area contributed by atoms with Crippen LogP contribution in [0.3, 0.4) is 0 Å². The van der Waals surface area contributed by atoms with Crippen LogP contribution in [-0.2, 0) is 0 Å². The molecule has 0 bridgehead atoms. The van der Waals surface area contributed by atoms with E-state index in [0.717, 1.165) is 16.8 Å². The molecule has 150 valence electrons. The second kappa shape index (κ2) is 7.31. The minimum atomic E-state index is -0.589. The molecule has 0 amide bonds. The highest BCUT2D eigenvalue weighted by molar-refractivity contribution is 6.31. The number of hydrogen-bond donors (Lipinski definition) is 0. The predicted octanol–water partition coefficient (Wildman–Crippen LogP) is 6.14. The Bertz CT molecular complexity index is 1180. The Hall–Kier alpha value is -3.09. The van der Waals surface area contributed by atoms with Crippen molar-refractivity contribution < 1.29 is 9.66 Å². The third-order valence-corrected chi connectivity index (χ3v) is 5.78. The first-order valence-corrected chi connectivity index (χ1v) is 10.1. The first kappa shape index (κ1) is 18.9. The Labute approximate surface area is 182 Å². The zero-order valence-electron chi connectivity index (χ0n) is 15.5. The van der Waals surface area contributed by atoms with Gasteiger partial charge >= 0.3 is 0 Å². The number of nitro benzene ring substituents is 1. The Morgan fingerprint density at radius 3 is 2.57 bits per heavy atom. The van der Waals surface area contributed by atoms with E-state index in [0.29, 0.717) is 27.8 Å². The number of halogens is 2. The maximum atomic E-state index is 11.3. The van der Waals surface area contributed by atoms with Gasteiger partial charge in [0.05, 0.1) is 16.7 Å². The maximum Gasteiger partial charge on any atom is 0.269 e. The lowest BCUT2D eigenvalue weighted by Crippen LogP contribution is -2.33. The van der Waals surface area contributed by atoms with Crippen molar-refractivity contribution in [1.29, 1.82) is 0 Å². The van der Waals surface area contributed by atoms with Gasteiger partial charge in [-0.25, -0.2) is 5.01 Å². The third-order valence-electron chi connectivity index (χ3n) is 5.30. The summed E-state index contributed by atoms with van der Waals surface area (Å²) in [5.74, 6) is 0.699. The van der Waals surface area contributed by atoms with E-state index in [1.165, 1.54) is 12.1 Å². The average Bonchev–Trinajstić information content (AvgIpc) is 3.19. The van der Waals surface area contributed by atoms with Crippen molar-refractivity contribution in [2.24, 2.45) is 5.10 Å². The molecule has 2 aliphatic heterocycles. The molecule has 5 rings (SSSR count). The molecule has 0 unspecified atom stereocenters. The van der Waals surface area contributed by atoms with E-state index in [9.17, 15) is 10.1 Å². The number of non-ortho nitro benzene ring substituents is 1. The van der Waals surface area contributed by atoms with Crippen molar-refractivity contribution in [3.8, 4) is 5.75 Å². The van der Waals surface area contributed by atoms with Gasteiger partial charge in [-0.15, -0.1) is 0 Å². The van der Waals surface area contributed by atoms with Crippen molar-refractivity contribution in [3.63, 3.8) is 0 Å². The molecule has 3 aromatic rings. The van der Waals surface area contributed by atoms with Gasteiger partial charge in [0.2, 0.25) is 6.23 Å². The summed E-state index contributed by atoms with van der Waals surface area (Å²) >= 11 is 12.3. The Kier molecular flexibility index (Phi) is 4.60. The number of hydrogen-bond acceptors (Lipinski definition) is 5. The van der Waals surface area contributed by atoms with Crippen molar-refractivity contribution in [1.82, 2.24) is 5.01 Å². The minimum Gasteiger partial charge on any atom is -0.464 e. The number of nitro groups is 1. The SMILES string of the molecule is O=[N+]([O-])c1cccc([C@@H]2Oc3ccc(Cl)cc3[C@H]3CC(c4ccc(Cl)cc4)=NN32)c1. The summed E-state index contributed by atoms with van der Waals surface area (Å²) in [6.45, 7) is 0. The van der Waals surface area contributed by atoms with Crippen LogP contribution in [0, 0.1) is 10.1 Å².